The van der Waals surface area contributed by atoms with Gasteiger partial charge in [-0.05, 0) is 56.0 Å². The second kappa shape index (κ2) is 5.51. The fourth-order valence-electron chi connectivity index (χ4n) is 2.72. The molecule has 0 radical (unpaired) electrons. The third-order valence-corrected chi connectivity index (χ3v) is 5.16. The zero-order chi connectivity index (χ0) is 13.2. The summed E-state index contributed by atoms with van der Waals surface area (Å²) in [4.78, 5) is 2.93. The largest absolute Gasteiger partial charge is 0.349 e. The molecule has 1 aliphatic rings. The predicted molar refractivity (Wildman–Crippen MR) is 81.8 cm³/mol. The van der Waals surface area contributed by atoms with Gasteiger partial charge in [0.05, 0.1) is 6.54 Å². The van der Waals surface area contributed by atoms with Gasteiger partial charge < -0.3 is 9.88 Å². The highest BCUT2D eigenvalue weighted by Crippen LogP contribution is 2.40. The lowest BCUT2D eigenvalue weighted by Gasteiger charge is -2.13. The molecule has 2 aromatic heterocycles. The van der Waals surface area contributed by atoms with E-state index >= 15 is 0 Å². The van der Waals surface area contributed by atoms with E-state index in [1.165, 1.54) is 28.2 Å². The van der Waals surface area contributed by atoms with Crippen molar-refractivity contribution in [2.45, 2.75) is 38.8 Å². The molecule has 1 N–H and O–H groups in total. The molecular formula is C16H22N2S. The van der Waals surface area contributed by atoms with E-state index in [4.69, 9.17) is 0 Å². The third-order valence-electron chi connectivity index (χ3n) is 3.94. The second-order valence-corrected chi connectivity index (χ2v) is 6.70. The van der Waals surface area contributed by atoms with E-state index < -0.39 is 0 Å². The first kappa shape index (κ1) is 12.9. The van der Waals surface area contributed by atoms with E-state index in [-0.39, 0.29) is 0 Å². The van der Waals surface area contributed by atoms with Crippen LogP contribution in [0.1, 0.15) is 41.1 Å². The lowest BCUT2D eigenvalue weighted by molar-refractivity contribution is 0.528. The van der Waals surface area contributed by atoms with E-state index in [9.17, 15) is 0 Å². The van der Waals surface area contributed by atoms with E-state index in [0.29, 0.717) is 6.04 Å². The number of thiophene rings is 1. The molecule has 3 rings (SSSR count). The van der Waals surface area contributed by atoms with Gasteiger partial charge in [-0.15, -0.1) is 11.3 Å². The SMILES string of the molecule is CCc1ccc(Cn2ccc(C(NC)C3CC3)c2)s1. The van der Waals surface area contributed by atoms with Gasteiger partial charge in [-0.3, -0.25) is 0 Å². The first-order valence-electron chi connectivity index (χ1n) is 7.20. The van der Waals surface area contributed by atoms with Crippen molar-refractivity contribution in [3.05, 3.63) is 45.9 Å². The lowest BCUT2D eigenvalue weighted by Crippen LogP contribution is -2.17. The molecule has 2 heterocycles. The summed E-state index contributed by atoms with van der Waals surface area (Å²) in [6.07, 6.45) is 8.42. The number of aryl methyl sites for hydroxylation is 1. The summed E-state index contributed by atoms with van der Waals surface area (Å²) in [5.41, 5.74) is 1.44. The van der Waals surface area contributed by atoms with Crippen LogP contribution in [-0.2, 0) is 13.0 Å². The van der Waals surface area contributed by atoms with Gasteiger partial charge in [-0.2, -0.15) is 0 Å². The van der Waals surface area contributed by atoms with Gasteiger partial charge in [-0.1, -0.05) is 6.92 Å². The molecule has 2 nitrogen and oxygen atoms in total. The van der Waals surface area contributed by atoms with Crippen molar-refractivity contribution in [1.29, 1.82) is 0 Å². The minimum Gasteiger partial charge on any atom is -0.349 e. The summed E-state index contributed by atoms with van der Waals surface area (Å²) >= 11 is 1.93. The van der Waals surface area contributed by atoms with Crippen molar-refractivity contribution in [2.24, 2.45) is 5.92 Å². The molecule has 0 amide bonds. The Kier molecular flexibility index (Phi) is 3.76. The Balaban J connectivity index is 1.70. The van der Waals surface area contributed by atoms with Crippen LogP contribution < -0.4 is 5.32 Å². The van der Waals surface area contributed by atoms with Crippen LogP contribution in [0.25, 0.3) is 0 Å². The quantitative estimate of drug-likeness (QED) is 0.847. The Hall–Kier alpha value is -1.06. The first-order valence-corrected chi connectivity index (χ1v) is 8.02. The van der Waals surface area contributed by atoms with Crippen molar-refractivity contribution >= 4 is 11.3 Å². The van der Waals surface area contributed by atoms with Crippen molar-refractivity contribution < 1.29 is 0 Å². The Morgan fingerprint density at radius 1 is 1.32 bits per heavy atom. The smallest absolute Gasteiger partial charge is 0.0563 e. The van der Waals surface area contributed by atoms with Crippen LogP contribution in [-0.4, -0.2) is 11.6 Å². The molecule has 3 heteroatoms. The van der Waals surface area contributed by atoms with Gasteiger partial charge in [0.15, 0.2) is 0 Å². The zero-order valence-electron chi connectivity index (χ0n) is 11.7. The first-order chi connectivity index (χ1) is 9.30. The molecule has 0 bridgehead atoms. The van der Waals surface area contributed by atoms with Crippen LogP contribution in [0.15, 0.2) is 30.6 Å². The number of rotatable bonds is 6. The molecule has 1 atom stereocenters. The van der Waals surface area contributed by atoms with Crippen LogP contribution in [0.5, 0.6) is 0 Å². The summed E-state index contributed by atoms with van der Waals surface area (Å²) in [6.45, 7) is 3.22. The summed E-state index contributed by atoms with van der Waals surface area (Å²) < 4.78 is 2.31. The fraction of sp³-hybridized carbons (Fsp3) is 0.500. The van der Waals surface area contributed by atoms with Crippen LogP contribution in [0, 0.1) is 5.92 Å². The van der Waals surface area contributed by atoms with E-state index in [1.807, 2.05) is 11.3 Å². The summed E-state index contributed by atoms with van der Waals surface area (Å²) in [7, 11) is 2.08. The molecule has 1 saturated carbocycles. The van der Waals surface area contributed by atoms with Crippen molar-refractivity contribution in [2.75, 3.05) is 7.05 Å². The molecule has 1 aliphatic carbocycles. The maximum Gasteiger partial charge on any atom is 0.0563 e. The number of aromatic nitrogens is 1. The minimum atomic E-state index is 0.552. The topological polar surface area (TPSA) is 17.0 Å². The highest BCUT2D eigenvalue weighted by Gasteiger charge is 2.31. The Labute approximate surface area is 119 Å². The molecule has 102 valence electrons. The predicted octanol–water partition coefficient (Wildman–Crippen LogP) is 3.83. The van der Waals surface area contributed by atoms with Crippen molar-refractivity contribution in [1.82, 2.24) is 9.88 Å². The summed E-state index contributed by atoms with van der Waals surface area (Å²) in [5, 5.41) is 3.46. The van der Waals surface area contributed by atoms with Gasteiger partial charge in [0.1, 0.15) is 0 Å². The van der Waals surface area contributed by atoms with Crippen LogP contribution in [0.2, 0.25) is 0 Å². The second-order valence-electron chi connectivity index (χ2n) is 5.44. The molecular weight excluding hydrogens is 252 g/mol. The highest BCUT2D eigenvalue weighted by atomic mass is 32.1. The van der Waals surface area contributed by atoms with Crippen LogP contribution >= 0.6 is 11.3 Å². The summed E-state index contributed by atoms with van der Waals surface area (Å²) in [6, 6.07) is 7.34. The zero-order valence-corrected chi connectivity index (χ0v) is 12.5. The molecule has 0 aliphatic heterocycles. The average molecular weight is 274 g/mol. The molecule has 1 fully saturated rings. The molecule has 19 heavy (non-hydrogen) atoms. The molecule has 2 aromatic rings. The Morgan fingerprint density at radius 3 is 2.74 bits per heavy atom. The molecule has 1 unspecified atom stereocenters. The van der Waals surface area contributed by atoms with E-state index in [1.54, 1.807) is 0 Å². The van der Waals surface area contributed by atoms with Gasteiger partial charge in [0.2, 0.25) is 0 Å². The summed E-state index contributed by atoms with van der Waals surface area (Å²) in [5.74, 6) is 0.856. The number of nitrogens with one attached hydrogen (secondary N) is 1. The monoisotopic (exact) mass is 274 g/mol. The number of hydrogen-bond donors (Lipinski definition) is 1. The maximum absolute atomic E-state index is 3.46. The highest BCUT2D eigenvalue weighted by molar-refractivity contribution is 7.11. The normalized spacial score (nSPS) is 16.7. The molecule has 0 aromatic carbocycles. The standard InChI is InChI=1S/C16H22N2S/c1-3-14-6-7-15(19-14)11-18-9-8-13(10-18)16(17-2)12-4-5-12/h6-10,12,16-17H,3-5,11H2,1-2H3. The number of nitrogens with zero attached hydrogens (tertiary/aromatic N) is 1. The number of hydrogen-bond acceptors (Lipinski definition) is 2. The van der Waals surface area contributed by atoms with E-state index in [2.05, 4.69) is 54.4 Å². The van der Waals surface area contributed by atoms with Gasteiger partial charge in [0, 0.05) is 28.2 Å². The minimum absolute atomic E-state index is 0.552. The Bertz CT molecular complexity index is 536. The maximum atomic E-state index is 3.46. The van der Waals surface area contributed by atoms with Crippen LogP contribution in [0.4, 0.5) is 0 Å². The van der Waals surface area contributed by atoms with Crippen LogP contribution in [0.3, 0.4) is 0 Å². The van der Waals surface area contributed by atoms with Crippen molar-refractivity contribution in [3.8, 4) is 0 Å². The average Bonchev–Trinajstić information content (AvgIpc) is 2.98. The van der Waals surface area contributed by atoms with E-state index in [0.717, 1.165) is 18.9 Å². The third kappa shape index (κ3) is 2.93. The molecule has 0 saturated heterocycles. The van der Waals surface area contributed by atoms with Gasteiger partial charge in [0.25, 0.3) is 0 Å². The van der Waals surface area contributed by atoms with Gasteiger partial charge in [-0.25, -0.2) is 0 Å². The fourth-order valence-corrected chi connectivity index (χ4v) is 3.69. The lowest BCUT2D eigenvalue weighted by atomic mass is 10.1. The molecule has 0 spiro atoms. The Morgan fingerprint density at radius 2 is 2.11 bits per heavy atom. The van der Waals surface area contributed by atoms with Gasteiger partial charge >= 0.3 is 0 Å². The van der Waals surface area contributed by atoms with Crippen molar-refractivity contribution in [3.63, 3.8) is 0 Å².